The van der Waals surface area contributed by atoms with Crippen molar-refractivity contribution in [2.75, 3.05) is 77.2 Å². The zero-order chi connectivity index (χ0) is 31.9. The lowest BCUT2D eigenvalue weighted by molar-refractivity contribution is 0.102. The minimum absolute atomic E-state index is 0.0570. The predicted octanol–water partition coefficient (Wildman–Crippen LogP) is 4.25. The molecule has 0 saturated carbocycles. The Morgan fingerprint density at radius 1 is 0.977 bits per heavy atom. The van der Waals surface area contributed by atoms with E-state index in [0.717, 1.165) is 31.3 Å². The van der Waals surface area contributed by atoms with E-state index in [4.69, 9.17) is 9.47 Å². The van der Waals surface area contributed by atoms with Crippen LogP contribution in [0.4, 0.5) is 21.6 Å². The molecule has 1 heterocycles. The van der Waals surface area contributed by atoms with Crippen LogP contribution in [0.25, 0.3) is 10.9 Å². The number of H-pyrrole nitrogens is 1. The van der Waals surface area contributed by atoms with Gasteiger partial charge in [0.05, 0.1) is 40.1 Å². The first-order valence-corrected chi connectivity index (χ1v) is 15.6. The van der Waals surface area contributed by atoms with Crippen LogP contribution in [0.5, 0.6) is 0 Å². The summed E-state index contributed by atoms with van der Waals surface area (Å²) in [6, 6.07) is 14.5. The number of ether oxygens (including phenoxy) is 2. The normalized spacial score (nSPS) is 11.8. The molecule has 4 aromatic rings. The van der Waals surface area contributed by atoms with Crippen LogP contribution in [0.2, 0.25) is 0 Å². The van der Waals surface area contributed by atoms with Crippen molar-refractivity contribution < 1.29 is 27.1 Å². The molecule has 0 spiro atoms. The van der Waals surface area contributed by atoms with E-state index in [2.05, 4.69) is 30.6 Å². The van der Waals surface area contributed by atoms with Gasteiger partial charge in [-0.25, -0.2) is 12.8 Å². The lowest BCUT2D eigenvalue weighted by Gasteiger charge is -2.24. The first kappa shape index (κ1) is 32.9. The van der Waals surface area contributed by atoms with Gasteiger partial charge in [0.2, 0.25) is 9.84 Å². The molecule has 3 N–H and O–H groups in total. The Hall–Kier alpha value is -4.04. The van der Waals surface area contributed by atoms with Crippen molar-refractivity contribution in [2.45, 2.75) is 22.3 Å². The van der Waals surface area contributed by atoms with E-state index in [1.165, 1.54) is 30.3 Å². The van der Waals surface area contributed by atoms with E-state index in [9.17, 15) is 17.6 Å². The molecule has 1 aromatic heterocycles. The first-order valence-electron chi connectivity index (χ1n) is 14.1. The summed E-state index contributed by atoms with van der Waals surface area (Å²) < 4.78 is 50.9. The maximum Gasteiger partial charge on any atom is 0.258 e. The highest BCUT2D eigenvalue weighted by molar-refractivity contribution is 7.91. The number of benzene rings is 3. The summed E-state index contributed by atoms with van der Waals surface area (Å²) in [4.78, 5) is 17.7. The van der Waals surface area contributed by atoms with Crippen molar-refractivity contribution in [2.24, 2.45) is 0 Å². The van der Waals surface area contributed by atoms with Gasteiger partial charge in [-0.3, -0.25) is 9.89 Å². The molecule has 44 heavy (non-hydrogen) atoms. The van der Waals surface area contributed by atoms with Gasteiger partial charge in [0.25, 0.3) is 5.91 Å². The van der Waals surface area contributed by atoms with E-state index < -0.39 is 21.6 Å². The van der Waals surface area contributed by atoms with Gasteiger partial charge in [0.15, 0.2) is 5.82 Å². The van der Waals surface area contributed by atoms with Crippen molar-refractivity contribution in [3.8, 4) is 0 Å². The number of nitrogens with one attached hydrogen (secondary N) is 3. The second-order valence-corrected chi connectivity index (χ2v) is 12.7. The highest BCUT2D eigenvalue weighted by Gasteiger charge is 2.22. The molecule has 0 unspecified atom stereocenters. The molecule has 0 saturated heterocycles. The number of carbonyl (C=O) groups excluding carboxylic acids is 1. The van der Waals surface area contributed by atoms with Crippen LogP contribution in [0.15, 0.2) is 70.5 Å². The molecule has 0 aliphatic heterocycles. The molecule has 11 nitrogen and oxygen atoms in total. The van der Waals surface area contributed by atoms with Crippen LogP contribution in [-0.4, -0.2) is 97.1 Å². The van der Waals surface area contributed by atoms with Gasteiger partial charge in [-0.05, 0) is 81.7 Å². The van der Waals surface area contributed by atoms with E-state index >= 15 is 0 Å². The molecule has 1 amide bonds. The van der Waals surface area contributed by atoms with Crippen LogP contribution in [0.1, 0.15) is 16.8 Å². The Bertz CT molecular complexity index is 1690. The Labute approximate surface area is 257 Å². The van der Waals surface area contributed by atoms with Crippen molar-refractivity contribution in [3.05, 3.63) is 72.0 Å². The van der Waals surface area contributed by atoms with Crippen LogP contribution in [0.3, 0.4) is 0 Å². The third-order valence-corrected chi connectivity index (χ3v) is 8.81. The van der Waals surface area contributed by atoms with Gasteiger partial charge in [-0.2, -0.15) is 5.10 Å². The fourth-order valence-corrected chi connectivity index (χ4v) is 6.11. The fourth-order valence-electron chi connectivity index (χ4n) is 4.79. The Morgan fingerprint density at radius 2 is 1.70 bits per heavy atom. The number of aromatic amines is 1. The number of carbonyl (C=O) groups is 1. The topological polar surface area (TPSA) is 129 Å². The zero-order valence-corrected chi connectivity index (χ0v) is 26.4. The highest BCUT2D eigenvalue weighted by atomic mass is 32.2. The number of nitrogens with zero attached hydrogens (tertiary/aromatic N) is 3. The minimum atomic E-state index is -4.02. The van der Waals surface area contributed by atoms with Gasteiger partial charge in [-0.15, -0.1) is 0 Å². The third-order valence-electron chi connectivity index (χ3n) is 7.07. The molecule has 0 aliphatic carbocycles. The molecule has 0 radical (unpaired) electrons. The Balaban J connectivity index is 1.65. The highest BCUT2D eigenvalue weighted by Crippen LogP contribution is 2.30. The van der Waals surface area contributed by atoms with Crippen LogP contribution >= 0.6 is 0 Å². The Morgan fingerprint density at radius 3 is 2.39 bits per heavy atom. The van der Waals surface area contributed by atoms with Gasteiger partial charge >= 0.3 is 0 Å². The number of anilines is 3. The predicted molar refractivity (Wildman–Crippen MR) is 170 cm³/mol. The standard InChI is InChI=1S/C31H39FN6O5S/c1-37(2)14-7-15-38(3)23-10-12-26(29(17-23)33-22(19-42-4)20-43-5)31(39)34-30-27-18-25(11-13-28(27)35-36-30)44(40,41)24-9-6-8-21(32)16-24/h6,8-13,16-18,22,33H,7,14-15,19-20H2,1-5H3,(H2,34,35,36,39). The molecule has 0 bridgehead atoms. The monoisotopic (exact) mass is 626 g/mol. The van der Waals surface area contributed by atoms with Crippen molar-refractivity contribution >= 4 is 43.8 Å². The molecular weight excluding hydrogens is 587 g/mol. The molecule has 0 atom stereocenters. The molecule has 13 heteroatoms. The van der Waals surface area contributed by atoms with Gasteiger partial charge in [0.1, 0.15) is 5.82 Å². The van der Waals surface area contributed by atoms with E-state index in [0.29, 0.717) is 35.4 Å². The summed E-state index contributed by atoms with van der Waals surface area (Å²) in [5, 5.41) is 13.7. The summed E-state index contributed by atoms with van der Waals surface area (Å²) in [6.45, 7) is 2.47. The average Bonchev–Trinajstić information content (AvgIpc) is 3.39. The number of sulfone groups is 1. The molecule has 0 aliphatic rings. The number of rotatable bonds is 15. The number of halogens is 1. The van der Waals surface area contributed by atoms with Gasteiger partial charge in [0, 0.05) is 44.6 Å². The van der Waals surface area contributed by atoms with Crippen molar-refractivity contribution in [3.63, 3.8) is 0 Å². The molecule has 0 fully saturated rings. The van der Waals surface area contributed by atoms with E-state index in [1.54, 1.807) is 26.4 Å². The smallest absolute Gasteiger partial charge is 0.258 e. The molecular formula is C31H39FN6O5S. The molecule has 236 valence electrons. The van der Waals surface area contributed by atoms with Crippen LogP contribution in [-0.2, 0) is 19.3 Å². The largest absolute Gasteiger partial charge is 0.382 e. The van der Waals surface area contributed by atoms with Crippen LogP contribution in [0, 0.1) is 5.82 Å². The van der Waals surface area contributed by atoms with Crippen LogP contribution < -0.4 is 15.5 Å². The zero-order valence-electron chi connectivity index (χ0n) is 25.6. The van der Waals surface area contributed by atoms with Crippen molar-refractivity contribution in [1.29, 1.82) is 0 Å². The van der Waals surface area contributed by atoms with Gasteiger partial charge < -0.3 is 29.9 Å². The number of amides is 1. The number of methoxy groups -OCH3 is 2. The van der Waals surface area contributed by atoms with E-state index in [1.807, 2.05) is 33.3 Å². The number of fused-ring (bicyclic) bond motifs is 1. The fraction of sp³-hybridized carbons (Fsp3) is 0.355. The minimum Gasteiger partial charge on any atom is -0.382 e. The summed E-state index contributed by atoms with van der Waals surface area (Å²) in [5.41, 5.74) is 2.38. The summed E-state index contributed by atoms with van der Waals surface area (Å²) in [6.07, 6.45) is 0.966. The molecule has 4 rings (SSSR count). The summed E-state index contributed by atoms with van der Waals surface area (Å²) in [5.74, 6) is -0.950. The average molecular weight is 627 g/mol. The SMILES string of the molecule is COCC(COC)Nc1cc(N(C)CCCN(C)C)ccc1C(=O)Nc1n[nH]c2ccc(S(=O)(=O)c3cccc(F)c3)cc12. The lowest BCUT2D eigenvalue weighted by Crippen LogP contribution is -2.31. The summed E-state index contributed by atoms with van der Waals surface area (Å²) >= 11 is 0. The van der Waals surface area contributed by atoms with E-state index in [-0.39, 0.29) is 21.7 Å². The first-order chi connectivity index (χ1) is 21.0. The number of hydrogen-bond donors (Lipinski definition) is 3. The van der Waals surface area contributed by atoms with Crippen molar-refractivity contribution in [1.82, 2.24) is 15.1 Å². The summed E-state index contributed by atoms with van der Waals surface area (Å²) in [7, 11) is 5.24. The lowest BCUT2D eigenvalue weighted by atomic mass is 10.1. The Kier molecular flexibility index (Phi) is 10.9. The van der Waals surface area contributed by atoms with Gasteiger partial charge in [-0.1, -0.05) is 6.07 Å². The second kappa shape index (κ2) is 14.6. The second-order valence-electron chi connectivity index (χ2n) is 10.8. The maximum absolute atomic E-state index is 13.8. The maximum atomic E-state index is 13.8. The molecule has 3 aromatic carbocycles. The third kappa shape index (κ3) is 7.91. The number of aromatic nitrogens is 2. The number of hydrogen-bond acceptors (Lipinski definition) is 9. The quantitative estimate of drug-likeness (QED) is 0.177.